The first-order valence-electron chi connectivity index (χ1n) is 5.80. The van der Waals surface area contributed by atoms with Crippen LogP contribution in [0.25, 0.3) is 0 Å². The lowest BCUT2D eigenvalue weighted by molar-refractivity contribution is 0.287. The van der Waals surface area contributed by atoms with Gasteiger partial charge in [-0.1, -0.05) is 25.5 Å². The van der Waals surface area contributed by atoms with Crippen molar-refractivity contribution in [3.05, 3.63) is 11.6 Å². The lowest BCUT2D eigenvalue weighted by atomic mass is 10.1. The SMILES string of the molecule is CC1=CCN(CCCNC(C)C)CC1. The molecule has 2 heteroatoms. The Morgan fingerprint density at radius 1 is 1.50 bits per heavy atom. The monoisotopic (exact) mass is 196 g/mol. The molecule has 1 rings (SSSR count). The summed E-state index contributed by atoms with van der Waals surface area (Å²) in [4.78, 5) is 2.54. The van der Waals surface area contributed by atoms with Crippen LogP contribution in [-0.4, -0.2) is 37.1 Å². The topological polar surface area (TPSA) is 15.3 Å². The summed E-state index contributed by atoms with van der Waals surface area (Å²) in [7, 11) is 0. The minimum atomic E-state index is 0.624. The zero-order valence-electron chi connectivity index (χ0n) is 9.84. The molecule has 0 saturated carbocycles. The van der Waals surface area contributed by atoms with E-state index in [1.165, 1.54) is 25.9 Å². The Labute approximate surface area is 88.4 Å². The van der Waals surface area contributed by atoms with Crippen molar-refractivity contribution in [1.82, 2.24) is 10.2 Å². The summed E-state index contributed by atoms with van der Waals surface area (Å²) >= 11 is 0. The van der Waals surface area contributed by atoms with Crippen molar-refractivity contribution in [3.63, 3.8) is 0 Å². The lowest BCUT2D eigenvalue weighted by Crippen LogP contribution is -2.32. The molecule has 0 fully saturated rings. The van der Waals surface area contributed by atoms with Gasteiger partial charge in [0.2, 0.25) is 0 Å². The van der Waals surface area contributed by atoms with E-state index in [2.05, 4.69) is 37.1 Å². The van der Waals surface area contributed by atoms with E-state index >= 15 is 0 Å². The lowest BCUT2D eigenvalue weighted by Gasteiger charge is -2.25. The molecule has 1 aliphatic heterocycles. The normalized spacial score (nSPS) is 18.7. The minimum Gasteiger partial charge on any atom is -0.314 e. The van der Waals surface area contributed by atoms with E-state index in [0.29, 0.717) is 6.04 Å². The van der Waals surface area contributed by atoms with Crippen LogP contribution in [-0.2, 0) is 0 Å². The molecule has 0 bridgehead atoms. The van der Waals surface area contributed by atoms with E-state index in [9.17, 15) is 0 Å². The van der Waals surface area contributed by atoms with E-state index in [4.69, 9.17) is 0 Å². The van der Waals surface area contributed by atoms with Crippen LogP contribution in [0.2, 0.25) is 0 Å². The molecule has 82 valence electrons. The molecule has 1 aliphatic rings. The highest BCUT2D eigenvalue weighted by atomic mass is 15.1. The second-order valence-corrected chi connectivity index (χ2v) is 4.56. The molecule has 0 spiro atoms. The molecule has 0 aromatic carbocycles. The fraction of sp³-hybridized carbons (Fsp3) is 0.833. The molecule has 0 atom stereocenters. The van der Waals surface area contributed by atoms with Crippen LogP contribution >= 0.6 is 0 Å². The van der Waals surface area contributed by atoms with Crippen LogP contribution in [0.1, 0.15) is 33.6 Å². The number of nitrogens with one attached hydrogen (secondary N) is 1. The quantitative estimate of drug-likeness (QED) is 0.534. The van der Waals surface area contributed by atoms with E-state index in [0.717, 1.165) is 13.1 Å². The fourth-order valence-corrected chi connectivity index (χ4v) is 1.71. The van der Waals surface area contributed by atoms with E-state index < -0.39 is 0 Å². The summed E-state index contributed by atoms with van der Waals surface area (Å²) in [5.41, 5.74) is 1.56. The van der Waals surface area contributed by atoms with Crippen molar-refractivity contribution in [1.29, 1.82) is 0 Å². The molecule has 0 aromatic heterocycles. The van der Waals surface area contributed by atoms with Crippen molar-refractivity contribution in [2.45, 2.75) is 39.7 Å². The van der Waals surface area contributed by atoms with Crippen LogP contribution in [0, 0.1) is 0 Å². The summed E-state index contributed by atoms with van der Waals surface area (Å²) in [5, 5.41) is 3.45. The first-order valence-corrected chi connectivity index (χ1v) is 5.80. The number of rotatable bonds is 5. The van der Waals surface area contributed by atoms with Crippen molar-refractivity contribution >= 4 is 0 Å². The third-order valence-electron chi connectivity index (χ3n) is 2.72. The first kappa shape index (κ1) is 11.7. The minimum absolute atomic E-state index is 0.624. The van der Waals surface area contributed by atoms with E-state index in [1.807, 2.05) is 0 Å². The third kappa shape index (κ3) is 4.77. The molecular weight excluding hydrogens is 172 g/mol. The Morgan fingerprint density at radius 3 is 2.86 bits per heavy atom. The van der Waals surface area contributed by atoms with Gasteiger partial charge in [0.15, 0.2) is 0 Å². The fourth-order valence-electron chi connectivity index (χ4n) is 1.71. The Kier molecular flexibility index (Phi) is 5.20. The van der Waals surface area contributed by atoms with Crippen LogP contribution in [0.5, 0.6) is 0 Å². The predicted octanol–water partition coefficient (Wildman–Crippen LogP) is 2.03. The highest BCUT2D eigenvalue weighted by molar-refractivity contribution is 5.03. The molecule has 1 heterocycles. The van der Waals surface area contributed by atoms with Gasteiger partial charge in [-0.2, -0.15) is 0 Å². The van der Waals surface area contributed by atoms with Gasteiger partial charge in [-0.05, 0) is 32.9 Å². The molecule has 2 nitrogen and oxygen atoms in total. The second kappa shape index (κ2) is 6.20. The number of hydrogen-bond donors (Lipinski definition) is 1. The number of hydrogen-bond acceptors (Lipinski definition) is 2. The summed E-state index contributed by atoms with van der Waals surface area (Å²) in [6.07, 6.45) is 4.89. The van der Waals surface area contributed by atoms with Crippen LogP contribution in [0.15, 0.2) is 11.6 Å². The standard InChI is InChI=1S/C12H24N2/c1-11(2)13-7-4-8-14-9-5-12(3)6-10-14/h5,11,13H,4,6-10H2,1-3H3. The maximum atomic E-state index is 3.45. The van der Waals surface area contributed by atoms with Gasteiger partial charge in [0.05, 0.1) is 0 Å². The van der Waals surface area contributed by atoms with Gasteiger partial charge in [-0.3, -0.25) is 4.90 Å². The molecular formula is C12H24N2. The molecule has 0 aliphatic carbocycles. The summed E-state index contributed by atoms with van der Waals surface area (Å²) < 4.78 is 0. The maximum absolute atomic E-state index is 3.45. The molecule has 14 heavy (non-hydrogen) atoms. The zero-order valence-corrected chi connectivity index (χ0v) is 9.84. The Morgan fingerprint density at radius 2 is 2.29 bits per heavy atom. The van der Waals surface area contributed by atoms with Crippen LogP contribution in [0.4, 0.5) is 0 Å². The average molecular weight is 196 g/mol. The second-order valence-electron chi connectivity index (χ2n) is 4.56. The predicted molar refractivity (Wildman–Crippen MR) is 62.6 cm³/mol. The maximum Gasteiger partial charge on any atom is 0.0165 e. The van der Waals surface area contributed by atoms with E-state index in [-0.39, 0.29) is 0 Å². The molecule has 0 unspecified atom stereocenters. The van der Waals surface area contributed by atoms with Gasteiger partial charge in [0, 0.05) is 19.1 Å². The molecule has 0 amide bonds. The average Bonchev–Trinajstić information content (AvgIpc) is 2.15. The summed E-state index contributed by atoms with van der Waals surface area (Å²) in [6.45, 7) is 11.4. The van der Waals surface area contributed by atoms with Crippen molar-refractivity contribution in [2.75, 3.05) is 26.2 Å². The van der Waals surface area contributed by atoms with Gasteiger partial charge in [0.25, 0.3) is 0 Å². The molecule has 0 aromatic rings. The van der Waals surface area contributed by atoms with Crippen LogP contribution < -0.4 is 5.32 Å². The molecule has 1 N–H and O–H groups in total. The van der Waals surface area contributed by atoms with Gasteiger partial charge in [-0.15, -0.1) is 0 Å². The summed E-state index contributed by atoms with van der Waals surface area (Å²) in [5.74, 6) is 0. The zero-order chi connectivity index (χ0) is 10.4. The Hall–Kier alpha value is -0.340. The Balaban J connectivity index is 2.03. The van der Waals surface area contributed by atoms with Gasteiger partial charge < -0.3 is 5.32 Å². The summed E-state index contributed by atoms with van der Waals surface area (Å²) in [6, 6.07) is 0.624. The largest absolute Gasteiger partial charge is 0.314 e. The van der Waals surface area contributed by atoms with Crippen molar-refractivity contribution in [2.24, 2.45) is 0 Å². The number of nitrogens with zero attached hydrogens (tertiary/aromatic N) is 1. The van der Waals surface area contributed by atoms with Crippen molar-refractivity contribution < 1.29 is 0 Å². The highest BCUT2D eigenvalue weighted by Gasteiger charge is 2.07. The van der Waals surface area contributed by atoms with Crippen LogP contribution in [0.3, 0.4) is 0 Å². The van der Waals surface area contributed by atoms with Gasteiger partial charge in [0.1, 0.15) is 0 Å². The molecule has 0 radical (unpaired) electrons. The Bertz CT molecular complexity index is 185. The highest BCUT2D eigenvalue weighted by Crippen LogP contribution is 2.09. The van der Waals surface area contributed by atoms with Gasteiger partial charge >= 0.3 is 0 Å². The van der Waals surface area contributed by atoms with Gasteiger partial charge in [-0.25, -0.2) is 0 Å². The van der Waals surface area contributed by atoms with E-state index in [1.54, 1.807) is 5.57 Å². The molecule has 0 saturated heterocycles. The first-order chi connectivity index (χ1) is 6.68. The smallest absolute Gasteiger partial charge is 0.0165 e. The third-order valence-corrected chi connectivity index (χ3v) is 2.72. The van der Waals surface area contributed by atoms with Crippen molar-refractivity contribution in [3.8, 4) is 0 Å².